The van der Waals surface area contributed by atoms with Crippen molar-refractivity contribution >= 4 is 17.3 Å². The van der Waals surface area contributed by atoms with Gasteiger partial charge in [0.1, 0.15) is 0 Å². The molecular weight excluding hydrogens is 400 g/mol. The van der Waals surface area contributed by atoms with Gasteiger partial charge in [-0.25, -0.2) is 0 Å². The molecule has 1 amide bonds. The second-order valence-electron chi connectivity index (χ2n) is 8.06. The first-order valence-electron chi connectivity index (χ1n) is 10.8. The molecule has 0 spiro atoms. The van der Waals surface area contributed by atoms with Crippen LogP contribution in [0.25, 0.3) is 22.9 Å². The predicted molar refractivity (Wildman–Crippen MR) is 126 cm³/mol. The van der Waals surface area contributed by atoms with Crippen molar-refractivity contribution in [2.24, 2.45) is 0 Å². The first-order chi connectivity index (χ1) is 15.7. The number of aryl methyl sites for hydroxylation is 1. The Hall–Kier alpha value is -3.93. The number of hydrogen-bond acceptors (Lipinski definition) is 5. The number of carbonyl (C=O) groups is 1. The van der Waals surface area contributed by atoms with E-state index in [1.807, 2.05) is 61.5 Å². The van der Waals surface area contributed by atoms with Crippen molar-refractivity contribution in [1.82, 2.24) is 10.2 Å². The lowest BCUT2D eigenvalue weighted by molar-refractivity contribution is 0.102. The number of nitrogens with one attached hydrogen (secondary N) is 1. The second kappa shape index (κ2) is 8.67. The monoisotopic (exact) mass is 424 g/mol. The minimum atomic E-state index is -0.152. The zero-order valence-electron chi connectivity index (χ0n) is 17.9. The molecule has 1 fully saturated rings. The summed E-state index contributed by atoms with van der Waals surface area (Å²) in [5.41, 5.74) is 5.29. The van der Waals surface area contributed by atoms with Crippen molar-refractivity contribution in [3.63, 3.8) is 0 Å². The normalized spacial score (nSPS) is 13.3. The smallest absolute Gasteiger partial charge is 0.255 e. The number of nitrogens with zero attached hydrogens (tertiary/aromatic N) is 3. The average Bonchev–Trinajstić information content (AvgIpc) is 3.52. The maximum absolute atomic E-state index is 12.7. The van der Waals surface area contributed by atoms with Crippen LogP contribution < -0.4 is 10.2 Å². The molecule has 1 N–H and O–H groups in total. The third-order valence-corrected chi connectivity index (χ3v) is 5.66. The fraction of sp³-hybridized carbons (Fsp3) is 0.192. The lowest BCUT2D eigenvalue weighted by Crippen LogP contribution is -2.18. The number of rotatable bonds is 5. The van der Waals surface area contributed by atoms with Crippen molar-refractivity contribution in [2.45, 2.75) is 19.8 Å². The van der Waals surface area contributed by atoms with Crippen LogP contribution in [0.3, 0.4) is 0 Å². The summed E-state index contributed by atoms with van der Waals surface area (Å²) in [5.74, 6) is 0.747. The van der Waals surface area contributed by atoms with Crippen LogP contribution in [0, 0.1) is 6.92 Å². The number of carbonyl (C=O) groups excluding carboxylic acids is 1. The van der Waals surface area contributed by atoms with Crippen LogP contribution in [0.5, 0.6) is 0 Å². The molecule has 0 saturated carbocycles. The summed E-state index contributed by atoms with van der Waals surface area (Å²) in [6.07, 6.45) is 2.44. The van der Waals surface area contributed by atoms with Gasteiger partial charge in [-0.3, -0.25) is 4.79 Å². The maximum Gasteiger partial charge on any atom is 0.255 e. The Morgan fingerprint density at radius 1 is 0.875 bits per heavy atom. The van der Waals surface area contributed by atoms with Crippen LogP contribution in [0.2, 0.25) is 0 Å². The Morgan fingerprint density at radius 3 is 2.34 bits per heavy atom. The van der Waals surface area contributed by atoms with E-state index in [-0.39, 0.29) is 5.91 Å². The topological polar surface area (TPSA) is 71.3 Å². The Kier molecular flexibility index (Phi) is 5.42. The zero-order chi connectivity index (χ0) is 21.9. The van der Waals surface area contributed by atoms with Crippen LogP contribution in [0.4, 0.5) is 11.4 Å². The van der Waals surface area contributed by atoms with Crippen LogP contribution in [-0.4, -0.2) is 29.2 Å². The maximum atomic E-state index is 12.7. The molecule has 0 atom stereocenters. The highest BCUT2D eigenvalue weighted by molar-refractivity contribution is 6.04. The summed E-state index contributed by atoms with van der Waals surface area (Å²) in [4.78, 5) is 15.1. The first kappa shape index (κ1) is 20.0. The molecule has 0 radical (unpaired) electrons. The fourth-order valence-electron chi connectivity index (χ4n) is 3.96. The van der Waals surface area contributed by atoms with E-state index >= 15 is 0 Å². The van der Waals surface area contributed by atoms with Crippen LogP contribution in [0.15, 0.2) is 77.2 Å². The molecule has 0 aliphatic carbocycles. The zero-order valence-corrected chi connectivity index (χ0v) is 17.9. The van der Waals surface area contributed by atoms with E-state index in [0.717, 1.165) is 41.2 Å². The van der Waals surface area contributed by atoms with Crippen molar-refractivity contribution in [2.75, 3.05) is 23.3 Å². The van der Waals surface area contributed by atoms with E-state index in [0.29, 0.717) is 17.3 Å². The highest BCUT2D eigenvalue weighted by atomic mass is 16.4. The summed E-state index contributed by atoms with van der Waals surface area (Å²) in [6, 6.07) is 23.1. The lowest BCUT2D eigenvalue weighted by atomic mass is 10.1. The molecule has 32 heavy (non-hydrogen) atoms. The van der Waals surface area contributed by atoms with Crippen molar-refractivity contribution < 1.29 is 9.21 Å². The van der Waals surface area contributed by atoms with Crippen LogP contribution in [0.1, 0.15) is 28.8 Å². The van der Waals surface area contributed by atoms with Gasteiger partial charge in [0.2, 0.25) is 11.8 Å². The molecule has 0 bridgehead atoms. The Morgan fingerprint density at radius 2 is 1.59 bits per heavy atom. The molecule has 6 nitrogen and oxygen atoms in total. The van der Waals surface area contributed by atoms with Crippen LogP contribution in [-0.2, 0) is 0 Å². The predicted octanol–water partition coefficient (Wildman–Crippen LogP) is 5.56. The summed E-state index contributed by atoms with van der Waals surface area (Å²) < 4.78 is 5.84. The molecule has 3 aromatic carbocycles. The van der Waals surface area contributed by atoms with Gasteiger partial charge < -0.3 is 14.6 Å². The van der Waals surface area contributed by atoms with Crippen molar-refractivity contribution in [3.8, 4) is 22.9 Å². The molecule has 6 heteroatoms. The summed E-state index contributed by atoms with van der Waals surface area (Å²) in [6.45, 7) is 4.16. The molecule has 2 heterocycles. The second-order valence-corrected chi connectivity index (χ2v) is 8.06. The fourth-order valence-corrected chi connectivity index (χ4v) is 3.96. The minimum Gasteiger partial charge on any atom is -0.416 e. The number of benzene rings is 3. The highest BCUT2D eigenvalue weighted by Gasteiger charge is 2.14. The Bertz CT molecular complexity index is 1240. The minimum absolute atomic E-state index is 0.152. The van der Waals surface area contributed by atoms with E-state index in [2.05, 4.69) is 26.5 Å². The Labute approximate surface area is 186 Å². The number of hydrogen-bond donors (Lipinski definition) is 1. The van der Waals surface area contributed by atoms with E-state index < -0.39 is 0 Å². The number of anilines is 2. The quantitative estimate of drug-likeness (QED) is 0.454. The van der Waals surface area contributed by atoms with Crippen molar-refractivity contribution in [1.29, 1.82) is 0 Å². The van der Waals surface area contributed by atoms with Gasteiger partial charge in [0, 0.05) is 41.2 Å². The van der Waals surface area contributed by atoms with Gasteiger partial charge in [0.15, 0.2) is 0 Å². The third kappa shape index (κ3) is 4.25. The standard InChI is InChI=1S/C26H24N4O2/c1-18-6-4-7-21(16-18)26-29-28-25(32-26)20-12-10-19(11-13-20)24(31)27-22-8-5-9-23(17-22)30-14-2-3-15-30/h4-13,16-17H,2-3,14-15H2,1H3,(H,27,31). The SMILES string of the molecule is Cc1cccc(-c2nnc(-c3ccc(C(=O)Nc4cccc(N5CCCC5)c4)cc3)o2)c1. The number of aromatic nitrogens is 2. The number of amides is 1. The van der Waals surface area contributed by atoms with E-state index in [4.69, 9.17) is 4.42 Å². The molecule has 1 aliphatic heterocycles. The first-order valence-corrected chi connectivity index (χ1v) is 10.8. The summed E-state index contributed by atoms with van der Waals surface area (Å²) in [5, 5.41) is 11.3. The van der Waals surface area contributed by atoms with Gasteiger partial charge in [-0.05, 0) is 74.4 Å². The van der Waals surface area contributed by atoms with Gasteiger partial charge in [-0.15, -0.1) is 10.2 Å². The van der Waals surface area contributed by atoms with E-state index in [9.17, 15) is 4.79 Å². The molecule has 5 rings (SSSR count). The van der Waals surface area contributed by atoms with Gasteiger partial charge >= 0.3 is 0 Å². The molecular formula is C26H24N4O2. The van der Waals surface area contributed by atoms with Crippen molar-refractivity contribution in [3.05, 3.63) is 83.9 Å². The largest absolute Gasteiger partial charge is 0.416 e. The average molecular weight is 425 g/mol. The summed E-state index contributed by atoms with van der Waals surface area (Å²) >= 11 is 0. The van der Waals surface area contributed by atoms with E-state index in [1.54, 1.807) is 12.1 Å². The van der Waals surface area contributed by atoms with Gasteiger partial charge in [-0.2, -0.15) is 0 Å². The summed E-state index contributed by atoms with van der Waals surface area (Å²) in [7, 11) is 0. The molecule has 160 valence electrons. The van der Waals surface area contributed by atoms with Gasteiger partial charge in [0.25, 0.3) is 5.91 Å². The molecule has 1 saturated heterocycles. The molecule has 1 aliphatic rings. The molecule has 1 aromatic heterocycles. The third-order valence-electron chi connectivity index (χ3n) is 5.66. The van der Waals surface area contributed by atoms with E-state index in [1.165, 1.54) is 12.8 Å². The van der Waals surface area contributed by atoms with Gasteiger partial charge in [-0.1, -0.05) is 23.8 Å². The lowest BCUT2D eigenvalue weighted by Gasteiger charge is -2.18. The van der Waals surface area contributed by atoms with Crippen LogP contribution >= 0.6 is 0 Å². The molecule has 0 unspecified atom stereocenters. The molecule has 4 aromatic rings. The highest BCUT2D eigenvalue weighted by Crippen LogP contribution is 2.26. The Balaban J connectivity index is 1.29. The van der Waals surface area contributed by atoms with Gasteiger partial charge in [0.05, 0.1) is 0 Å².